The second-order valence-electron chi connectivity index (χ2n) is 9.12. The molecule has 3 aromatic carbocycles. The molecule has 3 rings (SSSR count). The predicted octanol–water partition coefficient (Wildman–Crippen LogP) is 5.63. The van der Waals surface area contributed by atoms with Crippen LogP contribution in [0.3, 0.4) is 0 Å². The number of anilines is 2. The van der Waals surface area contributed by atoms with Crippen LogP contribution in [0.1, 0.15) is 48.4 Å². The SMILES string of the molecule is CC(C)(C)CC(=O)Nc1cccc(SC(C(=O)Nc2ccccc2C(N)=O)c2ccccc2)c1. The first-order chi connectivity index (χ1) is 16.1. The number of nitrogens with one attached hydrogen (secondary N) is 2. The molecular formula is C27H29N3O3S. The molecule has 0 bridgehead atoms. The number of rotatable bonds is 8. The molecule has 0 saturated carbocycles. The lowest BCUT2D eigenvalue weighted by atomic mass is 9.92. The summed E-state index contributed by atoms with van der Waals surface area (Å²) < 4.78 is 0. The second kappa shape index (κ2) is 11.0. The summed E-state index contributed by atoms with van der Waals surface area (Å²) in [5, 5.41) is 5.19. The zero-order chi connectivity index (χ0) is 24.7. The van der Waals surface area contributed by atoms with E-state index in [2.05, 4.69) is 10.6 Å². The zero-order valence-electron chi connectivity index (χ0n) is 19.5. The Kier molecular flexibility index (Phi) is 8.12. The van der Waals surface area contributed by atoms with Gasteiger partial charge in [-0.15, -0.1) is 11.8 Å². The number of amides is 3. The van der Waals surface area contributed by atoms with Crippen LogP contribution < -0.4 is 16.4 Å². The molecule has 0 aliphatic carbocycles. The van der Waals surface area contributed by atoms with E-state index in [0.29, 0.717) is 17.8 Å². The third-order valence-corrected chi connectivity index (χ3v) is 6.10. The Morgan fingerprint density at radius 3 is 2.24 bits per heavy atom. The molecule has 4 N–H and O–H groups in total. The molecule has 0 saturated heterocycles. The molecule has 6 nitrogen and oxygen atoms in total. The van der Waals surface area contributed by atoms with E-state index in [0.717, 1.165) is 10.5 Å². The van der Waals surface area contributed by atoms with Gasteiger partial charge in [-0.2, -0.15) is 0 Å². The molecule has 0 fully saturated rings. The summed E-state index contributed by atoms with van der Waals surface area (Å²) in [5.74, 6) is -0.958. The summed E-state index contributed by atoms with van der Waals surface area (Å²) in [6.07, 6.45) is 0.401. The standard InChI is InChI=1S/C27H29N3O3S/c1-27(2,3)17-23(31)29-19-12-9-13-20(16-19)34-24(18-10-5-4-6-11-18)26(33)30-22-15-8-7-14-21(22)25(28)32/h4-16,24H,17H2,1-3H3,(H2,28,32)(H,29,31)(H,30,33). The van der Waals surface area contributed by atoms with Crippen molar-refractivity contribution in [1.82, 2.24) is 0 Å². The van der Waals surface area contributed by atoms with Gasteiger partial charge in [-0.3, -0.25) is 14.4 Å². The Labute approximate surface area is 204 Å². The maximum Gasteiger partial charge on any atom is 0.250 e. The van der Waals surface area contributed by atoms with Crippen LogP contribution in [0.5, 0.6) is 0 Å². The summed E-state index contributed by atoms with van der Waals surface area (Å²) in [4.78, 5) is 38.3. The number of carbonyl (C=O) groups is 3. The fraction of sp³-hybridized carbons (Fsp3) is 0.222. The van der Waals surface area contributed by atoms with E-state index >= 15 is 0 Å². The highest BCUT2D eigenvalue weighted by atomic mass is 32.2. The maximum atomic E-state index is 13.4. The van der Waals surface area contributed by atoms with E-state index in [9.17, 15) is 14.4 Å². The molecular weight excluding hydrogens is 446 g/mol. The lowest BCUT2D eigenvalue weighted by Gasteiger charge is -2.19. The number of hydrogen-bond acceptors (Lipinski definition) is 4. The second-order valence-corrected chi connectivity index (χ2v) is 10.3. The van der Waals surface area contributed by atoms with Crippen molar-refractivity contribution in [1.29, 1.82) is 0 Å². The summed E-state index contributed by atoms with van der Waals surface area (Å²) in [5.41, 5.74) is 7.44. The van der Waals surface area contributed by atoms with Gasteiger partial charge in [0.15, 0.2) is 0 Å². The van der Waals surface area contributed by atoms with Gasteiger partial charge in [-0.25, -0.2) is 0 Å². The monoisotopic (exact) mass is 475 g/mol. The molecule has 0 heterocycles. The van der Waals surface area contributed by atoms with Crippen molar-refractivity contribution in [2.75, 3.05) is 10.6 Å². The van der Waals surface area contributed by atoms with E-state index in [-0.39, 0.29) is 22.8 Å². The van der Waals surface area contributed by atoms with Crippen LogP contribution in [0.2, 0.25) is 0 Å². The average molecular weight is 476 g/mol. The van der Waals surface area contributed by atoms with Gasteiger partial charge < -0.3 is 16.4 Å². The predicted molar refractivity (Wildman–Crippen MR) is 138 cm³/mol. The largest absolute Gasteiger partial charge is 0.366 e. The maximum absolute atomic E-state index is 13.4. The fourth-order valence-corrected chi connectivity index (χ4v) is 4.46. The summed E-state index contributed by atoms with van der Waals surface area (Å²) >= 11 is 1.36. The van der Waals surface area contributed by atoms with Gasteiger partial charge in [-0.05, 0) is 41.3 Å². The van der Waals surface area contributed by atoms with Crippen LogP contribution in [0.15, 0.2) is 83.8 Å². The number of nitrogens with two attached hydrogens (primary N) is 1. The fourth-order valence-electron chi connectivity index (χ4n) is 3.38. The molecule has 3 amide bonds. The summed E-state index contributed by atoms with van der Waals surface area (Å²) in [6, 6.07) is 23.5. The minimum atomic E-state index is -0.612. The van der Waals surface area contributed by atoms with Gasteiger partial charge in [0.2, 0.25) is 11.8 Å². The first-order valence-corrected chi connectivity index (χ1v) is 11.8. The normalized spacial score (nSPS) is 12.0. The number of hydrogen-bond donors (Lipinski definition) is 3. The summed E-state index contributed by atoms with van der Waals surface area (Å²) in [6.45, 7) is 6.04. The Bertz CT molecular complexity index is 1170. The lowest BCUT2D eigenvalue weighted by molar-refractivity contribution is -0.118. The smallest absolute Gasteiger partial charge is 0.250 e. The highest BCUT2D eigenvalue weighted by Crippen LogP contribution is 2.37. The first-order valence-electron chi connectivity index (χ1n) is 10.9. The van der Waals surface area contributed by atoms with Gasteiger partial charge in [0.25, 0.3) is 5.91 Å². The Balaban J connectivity index is 1.84. The van der Waals surface area contributed by atoms with Crippen molar-refractivity contribution in [3.05, 3.63) is 90.0 Å². The van der Waals surface area contributed by atoms with Crippen LogP contribution in [0, 0.1) is 5.41 Å². The van der Waals surface area contributed by atoms with Crippen LogP contribution in [-0.4, -0.2) is 17.7 Å². The molecule has 34 heavy (non-hydrogen) atoms. The molecule has 0 aromatic heterocycles. The lowest BCUT2D eigenvalue weighted by Crippen LogP contribution is -2.22. The Morgan fingerprint density at radius 2 is 1.56 bits per heavy atom. The minimum Gasteiger partial charge on any atom is -0.366 e. The van der Waals surface area contributed by atoms with Crippen molar-refractivity contribution < 1.29 is 14.4 Å². The molecule has 0 aliphatic heterocycles. The van der Waals surface area contributed by atoms with Gasteiger partial charge in [-0.1, -0.05) is 69.3 Å². The van der Waals surface area contributed by atoms with Gasteiger partial charge in [0, 0.05) is 17.0 Å². The van der Waals surface area contributed by atoms with E-state index in [4.69, 9.17) is 5.73 Å². The van der Waals surface area contributed by atoms with Crippen molar-refractivity contribution >= 4 is 40.9 Å². The highest BCUT2D eigenvalue weighted by Gasteiger charge is 2.24. The molecule has 3 aromatic rings. The van der Waals surface area contributed by atoms with Crippen LogP contribution in [0.25, 0.3) is 0 Å². The molecule has 1 unspecified atom stereocenters. The minimum absolute atomic E-state index is 0.0601. The zero-order valence-corrected chi connectivity index (χ0v) is 20.3. The first kappa shape index (κ1) is 25.1. The Hall–Kier alpha value is -3.58. The number of carbonyl (C=O) groups excluding carboxylic acids is 3. The number of benzene rings is 3. The van der Waals surface area contributed by atoms with Crippen molar-refractivity contribution in [3.8, 4) is 0 Å². The molecule has 0 aliphatic rings. The third kappa shape index (κ3) is 7.22. The van der Waals surface area contributed by atoms with Gasteiger partial charge in [0.05, 0.1) is 11.3 Å². The molecule has 7 heteroatoms. The highest BCUT2D eigenvalue weighted by molar-refractivity contribution is 8.00. The number of thioether (sulfide) groups is 1. The van der Waals surface area contributed by atoms with Gasteiger partial charge in [0.1, 0.15) is 5.25 Å². The number of primary amides is 1. The molecule has 0 spiro atoms. The van der Waals surface area contributed by atoms with E-state index in [1.165, 1.54) is 11.8 Å². The average Bonchev–Trinajstić information content (AvgIpc) is 2.77. The quantitative estimate of drug-likeness (QED) is 0.367. The van der Waals surface area contributed by atoms with E-state index in [1.807, 2.05) is 75.4 Å². The number of para-hydroxylation sites is 1. The molecule has 0 radical (unpaired) electrons. The Morgan fingerprint density at radius 1 is 0.882 bits per heavy atom. The van der Waals surface area contributed by atoms with Crippen molar-refractivity contribution in [2.45, 2.75) is 37.3 Å². The topological polar surface area (TPSA) is 101 Å². The van der Waals surface area contributed by atoms with Crippen LogP contribution in [-0.2, 0) is 9.59 Å². The van der Waals surface area contributed by atoms with Crippen molar-refractivity contribution in [2.24, 2.45) is 11.1 Å². The van der Waals surface area contributed by atoms with E-state index in [1.54, 1.807) is 24.3 Å². The third-order valence-electron chi connectivity index (χ3n) is 4.85. The molecule has 1 atom stereocenters. The van der Waals surface area contributed by atoms with E-state index < -0.39 is 11.2 Å². The molecule has 176 valence electrons. The summed E-state index contributed by atoms with van der Waals surface area (Å²) in [7, 11) is 0. The van der Waals surface area contributed by atoms with Crippen LogP contribution in [0.4, 0.5) is 11.4 Å². The van der Waals surface area contributed by atoms with Crippen molar-refractivity contribution in [3.63, 3.8) is 0 Å². The van der Waals surface area contributed by atoms with Gasteiger partial charge >= 0.3 is 0 Å². The van der Waals surface area contributed by atoms with Crippen LogP contribution >= 0.6 is 11.8 Å².